The number of hydrogen-bond acceptors (Lipinski definition) is 1. The minimum Gasteiger partial charge on any atom is -0.316 e. The lowest BCUT2D eigenvalue weighted by Gasteiger charge is -2.41. The summed E-state index contributed by atoms with van der Waals surface area (Å²) in [6, 6.07) is 0. The molecule has 1 fully saturated rings. The van der Waals surface area contributed by atoms with Gasteiger partial charge in [-0.3, -0.25) is 0 Å². The second kappa shape index (κ2) is 4.27. The van der Waals surface area contributed by atoms with Crippen LogP contribution in [0.5, 0.6) is 0 Å². The maximum absolute atomic E-state index is 3.54. The molecule has 1 nitrogen and oxygen atoms in total. The normalized spacial score (nSPS) is 31.0. The predicted octanol–water partition coefficient (Wildman–Crippen LogP) is 2.81. The molecule has 1 atom stereocenters. The van der Waals surface area contributed by atoms with Crippen molar-refractivity contribution in [1.82, 2.24) is 5.32 Å². The lowest BCUT2D eigenvalue weighted by Crippen LogP contribution is -2.43. The molecule has 0 bridgehead atoms. The number of hydrogen-bond donors (Lipinski definition) is 1. The maximum Gasteiger partial charge on any atom is 0.00103 e. The third-order valence-electron chi connectivity index (χ3n) is 3.48. The van der Waals surface area contributed by atoms with Crippen LogP contribution in [0.15, 0.2) is 0 Å². The minimum atomic E-state index is 0.618. The predicted molar refractivity (Wildman–Crippen MR) is 54.3 cm³/mol. The Morgan fingerprint density at radius 2 is 2.17 bits per heavy atom. The van der Waals surface area contributed by atoms with Crippen LogP contribution in [0.3, 0.4) is 0 Å². The quantitative estimate of drug-likeness (QED) is 0.685. The number of rotatable bonds is 3. The first-order chi connectivity index (χ1) is 5.71. The van der Waals surface area contributed by atoms with Gasteiger partial charge in [-0.2, -0.15) is 0 Å². The van der Waals surface area contributed by atoms with Crippen LogP contribution in [0.2, 0.25) is 0 Å². The van der Waals surface area contributed by atoms with Crippen molar-refractivity contribution in [2.45, 2.75) is 46.5 Å². The molecule has 0 aromatic rings. The molecular formula is C11H23N. The van der Waals surface area contributed by atoms with Gasteiger partial charge in [0.15, 0.2) is 0 Å². The third kappa shape index (κ3) is 2.01. The van der Waals surface area contributed by atoms with Gasteiger partial charge in [0.2, 0.25) is 0 Å². The van der Waals surface area contributed by atoms with E-state index in [9.17, 15) is 0 Å². The Kier molecular flexibility index (Phi) is 3.57. The van der Waals surface area contributed by atoms with E-state index < -0.39 is 0 Å². The highest BCUT2D eigenvalue weighted by atomic mass is 14.9. The molecule has 72 valence electrons. The fourth-order valence-electron chi connectivity index (χ4n) is 2.48. The summed E-state index contributed by atoms with van der Waals surface area (Å²) >= 11 is 0. The Morgan fingerprint density at radius 3 is 2.58 bits per heavy atom. The zero-order valence-corrected chi connectivity index (χ0v) is 8.82. The molecule has 12 heavy (non-hydrogen) atoms. The van der Waals surface area contributed by atoms with Crippen molar-refractivity contribution in [3.8, 4) is 0 Å². The Balaban J connectivity index is 2.56. The second-order valence-corrected chi connectivity index (χ2v) is 4.55. The molecule has 1 unspecified atom stereocenters. The molecule has 1 heterocycles. The fourth-order valence-corrected chi connectivity index (χ4v) is 2.48. The zero-order chi connectivity index (χ0) is 9.03. The molecule has 1 N–H and O–H groups in total. The molecular weight excluding hydrogens is 146 g/mol. The van der Waals surface area contributed by atoms with Gasteiger partial charge in [-0.1, -0.05) is 27.2 Å². The average molecular weight is 169 g/mol. The largest absolute Gasteiger partial charge is 0.316 e. The third-order valence-corrected chi connectivity index (χ3v) is 3.48. The Bertz CT molecular complexity index is 117. The van der Waals surface area contributed by atoms with E-state index in [1.807, 2.05) is 0 Å². The van der Waals surface area contributed by atoms with Crippen LogP contribution in [-0.2, 0) is 0 Å². The van der Waals surface area contributed by atoms with Crippen molar-refractivity contribution < 1.29 is 0 Å². The van der Waals surface area contributed by atoms with Gasteiger partial charge in [0.1, 0.15) is 0 Å². The molecule has 0 aromatic carbocycles. The van der Waals surface area contributed by atoms with Crippen LogP contribution in [0.25, 0.3) is 0 Å². The van der Waals surface area contributed by atoms with E-state index in [2.05, 4.69) is 26.1 Å². The fraction of sp³-hybridized carbons (Fsp3) is 1.00. The van der Waals surface area contributed by atoms with Crippen LogP contribution >= 0.6 is 0 Å². The highest BCUT2D eigenvalue weighted by molar-refractivity contribution is 4.87. The summed E-state index contributed by atoms with van der Waals surface area (Å²) in [7, 11) is 0. The molecule has 0 radical (unpaired) electrons. The molecule has 1 heteroatoms. The molecule has 1 rings (SSSR count). The summed E-state index contributed by atoms with van der Waals surface area (Å²) in [5.41, 5.74) is 0.618. The molecule has 0 amide bonds. The van der Waals surface area contributed by atoms with Crippen molar-refractivity contribution in [3.63, 3.8) is 0 Å². The van der Waals surface area contributed by atoms with Gasteiger partial charge in [0.05, 0.1) is 0 Å². The number of nitrogens with one attached hydrogen (secondary N) is 1. The first-order valence-electron chi connectivity index (χ1n) is 5.42. The lowest BCUT2D eigenvalue weighted by atomic mass is 9.69. The van der Waals surface area contributed by atoms with E-state index in [1.54, 1.807) is 0 Å². The summed E-state index contributed by atoms with van der Waals surface area (Å²) in [5, 5.41) is 3.54. The van der Waals surface area contributed by atoms with Gasteiger partial charge in [-0.05, 0) is 37.1 Å². The summed E-state index contributed by atoms with van der Waals surface area (Å²) < 4.78 is 0. The monoisotopic (exact) mass is 169 g/mol. The average Bonchev–Trinajstić information content (AvgIpc) is 2.06. The number of piperidine rings is 1. The van der Waals surface area contributed by atoms with Crippen molar-refractivity contribution >= 4 is 0 Å². The molecule has 1 aliphatic heterocycles. The van der Waals surface area contributed by atoms with E-state index in [-0.39, 0.29) is 0 Å². The molecule has 0 aliphatic carbocycles. The molecule has 0 aromatic heterocycles. The van der Waals surface area contributed by atoms with Crippen molar-refractivity contribution in [1.29, 1.82) is 0 Å². The second-order valence-electron chi connectivity index (χ2n) is 4.55. The van der Waals surface area contributed by atoms with Gasteiger partial charge in [0, 0.05) is 6.54 Å². The van der Waals surface area contributed by atoms with E-state index >= 15 is 0 Å². The molecule has 1 saturated heterocycles. The first kappa shape index (κ1) is 10.0. The zero-order valence-electron chi connectivity index (χ0n) is 8.82. The van der Waals surface area contributed by atoms with Gasteiger partial charge in [-0.25, -0.2) is 0 Å². The van der Waals surface area contributed by atoms with Crippen LogP contribution in [0.1, 0.15) is 46.5 Å². The molecule has 0 spiro atoms. The Hall–Kier alpha value is -0.0400. The van der Waals surface area contributed by atoms with Crippen LogP contribution in [-0.4, -0.2) is 13.1 Å². The van der Waals surface area contributed by atoms with Crippen molar-refractivity contribution in [2.24, 2.45) is 11.3 Å². The van der Waals surface area contributed by atoms with Crippen LogP contribution < -0.4 is 5.32 Å². The van der Waals surface area contributed by atoms with Crippen molar-refractivity contribution in [2.75, 3.05) is 13.1 Å². The highest BCUT2D eigenvalue weighted by Crippen LogP contribution is 2.38. The van der Waals surface area contributed by atoms with Crippen LogP contribution in [0, 0.1) is 11.3 Å². The SMILES string of the molecule is CCCC1(C(C)C)CCCNC1. The molecule has 1 aliphatic rings. The lowest BCUT2D eigenvalue weighted by molar-refractivity contribution is 0.121. The summed E-state index contributed by atoms with van der Waals surface area (Å²) in [5.74, 6) is 0.838. The Morgan fingerprint density at radius 1 is 1.42 bits per heavy atom. The van der Waals surface area contributed by atoms with E-state index in [1.165, 1.54) is 38.8 Å². The first-order valence-corrected chi connectivity index (χ1v) is 5.42. The topological polar surface area (TPSA) is 12.0 Å². The Labute approximate surface area is 76.9 Å². The van der Waals surface area contributed by atoms with E-state index in [0.717, 1.165) is 5.92 Å². The van der Waals surface area contributed by atoms with Gasteiger partial charge in [0.25, 0.3) is 0 Å². The van der Waals surface area contributed by atoms with Gasteiger partial charge in [-0.15, -0.1) is 0 Å². The van der Waals surface area contributed by atoms with Crippen molar-refractivity contribution in [3.05, 3.63) is 0 Å². The summed E-state index contributed by atoms with van der Waals surface area (Å²) in [6.45, 7) is 9.54. The standard InChI is InChI=1S/C11H23N/c1-4-6-11(10(2)3)7-5-8-12-9-11/h10,12H,4-9H2,1-3H3. The van der Waals surface area contributed by atoms with Gasteiger partial charge < -0.3 is 5.32 Å². The highest BCUT2D eigenvalue weighted by Gasteiger charge is 2.33. The minimum absolute atomic E-state index is 0.618. The smallest absolute Gasteiger partial charge is 0.00103 e. The van der Waals surface area contributed by atoms with E-state index in [0.29, 0.717) is 5.41 Å². The maximum atomic E-state index is 3.54. The summed E-state index contributed by atoms with van der Waals surface area (Å²) in [6.07, 6.45) is 5.54. The van der Waals surface area contributed by atoms with Gasteiger partial charge >= 0.3 is 0 Å². The van der Waals surface area contributed by atoms with Crippen LogP contribution in [0.4, 0.5) is 0 Å². The van der Waals surface area contributed by atoms with E-state index in [4.69, 9.17) is 0 Å². The molecule has 0 saturated carbocycles. The summed E-state index contributed by atoms with van der Waals surface area (Å²) in [4.78, 5) is 0.